The summed E-state index contributed by atoms with van der Waals surface area (Å²) in [5.41, 5.74) is 0.166. The van der Waals surface area contributed by atoms with Crippen LogP contribution in [0.25, 0.3) is 0 Å². The van der Waals surface area contributed by atoms with E-state index in [-0.39, 0.29) is 29.4 Å². The van der Waals surface area contributed by atoms with Crippen molar-refractivity contribution in [3.8, 4) is 11.5 Å². The molecule has 0 aromatic heterocycles. The molecule has 0 aliphatic heterocycles. The first kappa shape index (κ1) is 17.6. The Morgan fingerprint density at radius 2 is 1.90 bits per heavy atom. The number of ether oxygens (including phenoxy) is 3. The molecule has 0 spiro atoms. The maximum atomic E-state index is 12.0. The van der Waals surface area contributed by atoms with Crippen molar-refractivity contribution in [2.45, 2.75) is 12.6 Å². The molecule has 21 heavy (non-hydrogen) atoms. The Balaban J connectivity index is 2.72. The highest BCUT2D eigenvalue weighted by atomic mass is 35.5. The largest absolute Gasteiger partial charge is 0.495 e. The van der Waals surface area contributed by atoms with Crippen molar-refractivity contribution >= 4 is 17.4 Å². The molecule has 0 unspecified atom stereocenters. The molecule has 0 atom stereocenters. The van der Waals surface area contributed by atoms with Crippen LogP contribution in [0.4, 0.5) is 13.2 Å². The van der Waals surface area contributed by atoms with Gasteiger partial charge in [0.2, 0.25) is 0 Å². The van der Waals surface area contributed by atoms with E-state index in [1.807, 2.05) is 0 Å². The van der Waals surface area contributed by atoms with E-state index in [4.69, 9.17) is 21.1 Å². The van der Waals surface area contributed by atoms with Crippen molar-refractivity contribution in [1.29, 1.82) is 0 Å². The third-order valence-corrected chi connectivity index (χ3v) is 2.88. The van der Waals surface area contributed by atoms with E-state index in [2.05, 4.69) is 4.74 Å². The Morgan fingerprint density at radius 3 is 2.43 bits per heavy atom. The standard InChI is InChI=1S/C13H14ClF3O4/c1-19-10-4-3-8(12(20-2)11(10)14)9(18)5-6-21-7-13(15,16)17/h3-4H,5-7H2,1-2H3. The van der Waals surface area contributed by atoms with Crippen LogP contribution < -0.4 is 9.47 Å². The predicted octanol–water partition coefficient (Wildman–Crippen LogP) is 3.51. The Labute approximate surface area is 124 Å². The van der Waals surface area contributed by atoms with Crippen LogP contribution in [0.5, 0.6) is 11.5 Å². The first-order valence-electron chi connectivity index (χ1n) is 5.88. The van der Waals surface area contributed by atoms with Crippen molar-refractivity contribution < 1.29 is 32.2 Å². The third kappa shape index (κ3) is 5.09. The normalized spacial score (nSPS) is 11.3. The van der Waals surface area contributed by atoms with Crippen LogP contribution in [0.1, 0.15) is 16.8 Å². The molecule has 0 aliphatic carbocycles. The van der Waals surface area contributed by atoms with Gasteiger partial charge in [0, 0.05) is 6.42 Å². The molecule has 0 aliphatic rings. The Kier molecular flexibility index (Phi) is 6.29. The summed E-state index contributed by atoms with van der Waals surface area (Å²) in [6.07, 6.45) is -4.63. The van der Waals surface area contributed by atoms with Crippen molar-refractivity contribution in [3.63, 3.8) is 0 Å². The zero-order chi connectivity index (χ0) is 16.0. The number of methoxy groups -OCH3 is 2. The fourth-order valence-electron chi connectivity index (χ4n) is 1.60. The summed E-state index contributed by atoms with van der Waals surface area (Å²) in [5.74, 6) is 0.0220. The van der Waals surface area contributed by atoms with Crippen LogP contribution >= 0.6 is 11.6 Å². The Bertz CT molecular complexity index is 503. The molecular formula is C13H14ClF3O4. The van der Waals surface area contributed by atoms with Crippen LogP contribution in [0.3, 0.4) is 0 Å². The SMILES string of the molecule is COc1ccc(C(=O)CCOCC(F)(F)F)c(OC)c1Cl. The summed E-state index contributed by atoms with van der Waals surface area (Å²) in [7, 11) is 2.74. The minimum atomic E-state index is -4.41. The highest BCUT2D eigenvalue weighted by molar-refractivity contribution is 6.34. The summed E-state index contributed by atoms with van der Waals surface area (Å²) < 4.78 is 50.1. The number of benzene rings is 1. The molecule has 118 valence electrons. The van der Waals surface area contributed by atoms with E-state index in [0.29, 0.717) is 5.75 Å². The zero-order valence-corrected chi connectivity index (χ0v) is 12.2. The summed E-state index contributed by atoms with van der Waals surface area (Å²) in [4.78, 5) is 12.0. The molecule has 0 N–H and O–H groups in total. The second-order valence-corrected chi connectivity index (χ2v) is 4.38. The van der Waals surface area contributed by atoms with Crippen LogP contribution in [0, 0.1) is 0 Å². The van der Waals surface area contributed by atoms with Gasteiger partial charge in [0.05, 0.1) is 26.4 Å². The Morgan fingerprint density at radius 1 is 1.24 bits per heavy atom. The van der Waals surface area contributed by atoms with Gasteiger partial charge in [-0.25, -0.2) is 0 Å². The number of rotatable bonds is 7. The van der Waals surface area contributed by atoms with Gasteiger partial charge in [0.15, 0.2) is 11.5 Å². The van der Waals surface area contributed by atoms with E-state index < -0.39 is 18.6 Å². The third-order valence-electron chi connectivity index (χ3n) is 2.53. The van der Waals surface area contributed by atoms with Crippen molar-refractivity contribution in [3.05, 3.63) is 22.7 Å². The summed E-state index contributed by atoms with van der Waals surface area (Å²) >= 11 is 6.00. The second-order valence-electron chi connectivity index (χ2n) is 4.00. The summed E-state index contributed by atoms with van der Waals surface area (Å²) in [6, 6.07) is 2.92. The first-order chi connectivity index (χ1) is 9.80. The molecule has 0 heterocycles. The van der Waals surface area contributed by atoms with Crippen molar-refractivity contribution in [2.24, 2.45) is 0 Å². The molecule has 1 aromatic carbocycles. The lowest BCUT2D eigenvalue weighted by atomic mass is 10.1. The van der Waals surface area contributed by atoms with Gasteiger partial charge in [-0.2, -0.15) is 13.2 Å². The number of ketones is 1. The minimum Gasteiger partial charge on any atom is -0.495 e. The summed E-state index contributed by atoms with van der Waals surface area (Å²) in [6.45, 7) is -1.73. The van der Waals surface area contributed by atoms with Crippen LogP contribution in [0.15, 0.2) is 12.1 Å². The number of hydrogen-bond donors (Lipinski definition) is 0. The topological polar surface area (TPSA) is 44.8 Å². The smallest absolute Gasteiger partial charge is 0.411 e. The number of alkyl halides is 3. The maximum Gasteiger partial charge on any atom is 0.411 e. The zero-order valence-electron chi connectivity index (χ0n) is 11.4. The lowest BCUT2D eigenvalue weighted by Crippen LogP contribution is -2.18. The highest BCUT2D eigenvalue weighted by Crippen LogP contribution is 2.37. The van der Waals surface area contributed by atoms with Crippen molar-refractivity contribution in [2.75, 3.05) is 27.4 Å². The van der Waals surface area contributed by atoms with E-state index >= 15 is 0 Å². The lowest BCUT2D eigenvalue weighted by molar-refractivity contribution is -0.173. The fraction of sp³-hybridized carbons (Fsp3) is 0.462. The van der Waals surface area contributed by atoms with Crippen molar-refractivity contribution in [1.82, 2.24) is 0 Å². The first-order valence-corrected chi connectivity index (χ1v) is 6.26. The average Bonchev–Trinajstić information content (AvgIpc) is 2.41. The molecule has 8 heteroatoms. The number of hydrogen-bond acceptors (Lipinski definition) is 4. The molecule has 0 amide bonds. The average molecular weight is 327 g/mol. The van der Waals surface area contributed by atoms with Gasteiger partial charge < -0.3 is 14.2 Å². The molecular weight excluding hydrogens is 313 g/mol. The minimum absolute atomic E-state index is 0.122. The number of Topliss-reactive ketones (excluding diaryl/α,β-unsaturated/α-hetero) is 1. The molecule has 1 rings (SSSR count). The molecule has 0 bridgehead atoms. The number of carbonyl (C=O) groups excluding carboxylic acids is 1. The van der Waals surface area contributed by atoms with Crippen LogP contribution in [0.2, 0.25) is 5.02 Å². The van der Waals surface area contributed by atoms with Gasteiger partial charge in [-0.15, -0.1) is 0 Å². The van der Waals surface area contributed by atoms with E-state index in [9.17, 15) is 18.0 Å². The molecule has 0 fully saturated rings. The summed E-state index contributed by atoms with van der Waals surface area (Å²) in [5, 5.41) is 0.127. The Hall–Kier alpha value is -1.47. The lowest BCUT2D eigenvalue weighted by Gasteiger charge is -2.12. The van der Waals surface area contributed by atoms with Gasteiger partial charge >= 0.3 is 6.18 Å². The number of carbonyl (C=O) groups is 1. The van der Waals surface area contributed by atoms with Gasteiger partial charge in [0.25, 0.3) is 0 Å². The van der Waals surface area contributed by atoms with Gasteiger partial charge in [-0.1, -0.05) is 11.6 Å². The molecule has 0 saturated carbocycles. The fourth-order valence-corrected chi connectivity index (χ4v) is 1.92. The molecule has 4 nitrogen and oxygen atoms in total. The van der Waals surface area contributed by atoms with Crippen LogP contribution in [-0.2, 0) is 4.74 Å². The molecule has 0 radical (unpaired) electrons. The van der Waals surface area contributed by atoms with Gasteiger partial charge in [0.1, 0.15) is 17.4 Å². The van der Waals surface area contributed by atoms with Gasteiger partial charge in [-0.05, 0) is 12.1 Å². The molecule has 0 saturated heterocycles. The van der Waals surface area contributed by atoms with Crippen LogP contribution in [-0.4, -0.2) is 39.4 Å². The van der Waals surface area contributed by atoms with E-state index in [0.717, 1.165) is 0 Å². The quantitative estimate of drug-likeness (QED) is 0.568. The highest BCUT2D eigenvalue weighted by Gasteiger charge is 2.27. The predicted molar refractivity (Wildman–Crippen MR) is 70.4 cm³/mol. The maximum absolute atomic E-state index is 12.0. The monoisotopic (exact) mass is 326 g/mol. The second kappa shape index (κ2) is 7.51. The van der Waals surface area contributed by atoms with E-state index in [1.54, 1.807) is 0 Å². The molecule has 1 aromatic rings. The van der Waals surface area contributed by atoms with E-state index in [1.165, 1.54) is 26.4 Å². The van der Waals surface area contributed by atoms with Gasteiger partial charge in [-0.3, -0.25) is 4.79 Å². The number of halogens is 4.